The van der Waals surface area contributed by atoms with Crippen LogP contribution >= 0.6 is 23.4 Å². The number of amides is 1. The third-order valence-electron chi connectivity index (χ3n) is 3.95. The summed E-state index contributed by atoms with van der Waals surface area (Å²) >= 11 is 7.54. The van der Waals surface area contributed by atoms with Crippen molar-refractivity contribution in [2.75, 3.05) is 5.75 Å². The van der Waals surface area contributed by atoms with Gasteiger partial charge in [0.2, 0.25) is 5.91 Å². The third kappa shape index (κ3) is 4.26. The highest BCUT2D eigenvalue weighted by molar-refractivity contribution is 7.99. The first-order valence-electron chi connectivity index (χ1n) is 8.17. The Balaban J connectivity index is 1.60. The number of nitrogens with one attached hydrogen (secondary N) is 1. The standard InChI is InChI=1S/C19H19ClN4OS/c1-13(15-10-6-7-11-16(15)20)21-17(25)12-26-19-23-22-18(24(19)2)14-8-4-3-5-9-14/h3-11,13H,12H2,1-2H3,(H,21,25)/t13-/m0/s1. The van der Waals surface area contributed by atoms with Gasteiger partial charge in [0.25, 0.3) is 0 Å². The fourth-order valence-electron chi connectivity index (χ4n) is 2.60. The summed E-state index contributed by atoms with van der Waals surface area (Å²) in [5.41, 5.74) is 1.89. The average Bonchev–Trinajstić information content (AvgIpc) is 3.01. The van der Waals surface area contributed by atoms with Gasteiger partial charge in [-0.2, -0.15) is 0 Å². The highest BCUT2D eigenvalue weighted by atomic mass is 35.5. The molecule has 1 atom stereocenters. The van der Waals surface area contributed by atoms with Crippen LogP contribution in [0.5, 0.6) is 0 Å². The van der Waals surface area contributed by atoms with E-state index in [4.69, 9.17) is 11.6 Å². The maximum absolute atomic E-state index is 12.3. The summed E-state index contributed by atoms with van der Waals surface area (Å²) in [5.74, 6) is 0.958. The molecule has 3 aromatic rings. The first-order valence-corrected chi connectivity index (χ1v) is 9.54. The number of halogens is 1. The summed E-state index contributed by atoms with van der Waals surface area (Å²) in [5, 5.41) is 12.7. The van der Waals surface area contributed by atoms with E-state index in [0.29, 0.717) is 10.2 Å². The molecule has 0 saturated heterocycles. The lowest BCUT2D eigenvalue weighted by atomic mass is 10.1. The SMILES string of the molecule is C[C@H](NC(=O)CSc1nnc(-c2ccccc2)n1C)c1ccccc1Cl. The van der Waals surface area contributed by atoms with Crippen LogP contribution in [0, 0.1) is 0 Å². The van der Waals surface area contributed by atoms with E-state index < -0.39 is 0 Å². The third-order valence-corrected chi connectivity index (χ3v) is 5.31. The zero-order valence-electron chi connectivity index (χ0n) is 14.5. The van der Waals surface area contributed by atoms with Gasteiger partial charge in [-0.05, 0) is 18.6 Å². The van der Waals surface area contributed by atoms with Crippen molar-refractivity contribution in [3.05, 3.63) is 65.2 Å². The minimum atomic E-state index is -0.156. The molecule has 0 saturated carbocycles. The van der Waals surface area contributed by atoms with Crippen LogP contribution in [0.1, 0.15) is 18.5 Å². The van der Waals surface area contributed by atoms with E-state index in [1.807, 2.05) is 73.1 Å². The van der Waals surface area contributed by atoms with E-state index in [9.17, 15) is 4.79 Å². The van der Waals surface area contributed by atoms with E-state index in [1.165, 1.54) is 11.8 Å². The van der Waals surface area contributed by atoms with Crippen molar-refractivity contribution < 1.29 is 4.79 Å². The van der Waals surface area contributed by atoms with Crippen LogP contribution in [0.3, 0.4) is 0 Å². The van der Waals surface area contributed by atoms with Gasteiger partial charge in [-0.15, -0.1) is 10.2 Å². The Kier molecular flexibility index (Phi) is 5.96. The Morgan fingerprint density at radius 1 is 1.15 bits per heavy atom. The molecule has 0 aliphatic rings. The van der Waals surface area contributed by atoms with Crippen molar-refractivity contribution in [1.82, 2.24) is 20.1 Å². The summed E-state index contributed by atoms with van der Waals surface area (Å²) in [6.07, 6.45) is 0. The zero-order valence-corrected chi connectivity index (χ0v) is 16.1. The predicted molar refractivity (Wildman–Crippen MR) is 105 cm³/mol. The fourth-order valence-corrected chi connectivity index (χ4v) is 3.62. The van der Waals surface area contributed by atoms with E-state index in [2.05, 4.69) is 15.5 Å². The lowest BCUT2D eigenvalue weighted by molar-refractivity contribution is -0.119. The van der Waals surface area contributed by atoms with Gasteiger partial charge >= 0.3 is 0 Å². The number of hydrogen-bond donors (Lipinski definition) is 1. The van der Waals surface area contributed by atoms with Crippen LogP contribution in [0.15, 0.2) is 59.8 Å². The molecule has 0 bridgehead atoms. The van der Waals surface area contributed by atoms with Gasteiger partial charge in [-0.3, -0.25) is 4.79 Å². The molecular formula is C19H19ClN4OS. The number of aromatic nitrogens is 3. The van der Waals surface area contributed by atoms with Gasteiger partial charge < -0.3 is 9.88 Å². The highest BCUT2D eigenvalue weighted by Gasteiger charge is 2.15. The molecule has 0 spiro atoms. The van der Waals surface area contributed by atoms with Gasteiger partial charge in [0.05, 0.1) is 11.8 Å². The summed E-state index contributed by atoms with van der Waals surface area (Å²) in [7, 11) is 1.90. The topological polar surface area (TPSA) is 59.8 Å². The Labute approximate surface area is 161 Å². The smallest absolute Gasteiger partial charge is 0.230 e. The second kappa shape index (κ2) is 8.38. The monoisotopic (exact) mass is 386 g/mol. The Bertz CT molecular complexity index is 898. The molecule has 7 heteroatoms. The number of hydrogen-bond acceptors (Lipinski definition) is 4. The molecule has 0 fully saturated rings. The van der Waals surface area contributed by atoms with Crippen molar-refractivity contribution in [2.24, 2.45) is 7.05 Å². The molecule has 1 heterocycles. The molecule has 2 aromatic carbocycles. The minimum absolute atomic E-state index is 0.0771. The Hall–Kier alpha value is -2.31. The van der Waals surface area contributed by atoms with Crippen LogP contribution in [-0.4, -0.2) is 26.4 Å². The average molecular weight is 387 g/mol. The number of thioether (sulfide) groups is 1. The number of nitrogens with zero attached hydrogens (tertiary/aromatic N) is 3. The van der Waals surface area contributed by atoms with Crippen molar-refractivity contribution in [3.63, 3.8) is 0 Å². The Morgan fingerprint density at radius 3 is 2.58 bits per heavy atom. The fraction of sp³-hybridized carbons (Fsp3) is 0.211. The van der Waals surface area contributed by atoms with Crippen LogP contribution in [-0.2, 0) is 11.8 Å². The van der Waals surface area contributed by atoms with E-state index in [1.54, 1.807) is 0 Å². The van der Waals surface area contributed by atoms with E-state index in [0.717, 1.165) is 17.0 Å². The Morgan fingerprint density at radius 2 is 1.85 bits per heavy atom. The van der Waals surface area contributed by atoms with Crippen molar-refractivity contribution in [3.8, 4) is 11.4 Å². The number of rotatable bonds is 6. The molecule has 1 amide bonds. The minimum Gasteiger partial charge on any atom is -0.349 e. The number of benzene rings is 2. The molecule has 0 unspecified atom stereocenters. The molecule has 1 aromatic heterocycles. The summed E-state index contributed by atoms with van der Waals surface area (Å²) < 4.78 is 1.89. The largest absolute Gasteiger partial charge is 0.349 e. The molecule has 0 radical (unpaired) electrons. The first-order chi connectivity index (χ1) is 12.6. The van der Waals surface area contributed by atoms with Crippen LogP contribution in [0.4, 0.5) is 0 Å². The molecule has 0 aliphatic carbocycles. The van der Waals surface area contributed by atoms with Gasteiger partial charge in [0.1, 0.15) is 0 Å². The van der Waals surface area contributed by atoms with Crippen LogP contribution < -0.4 is 5.32 Å². The second-order valence-electron chi connectivity index (χ2n) is 5.83. The lowest BCUT2D eigenvalue weighted by Gasteiger charge is -2.15. The lowest BCUT2D eigenvalue weighted by Crippen LogP contribution is -2.28. The van der Waals surface area contributed by atoms with Crippen LogP contribution in [0.25, 0.3) is 11.4 Å². The van der Waals surface area contributed by atoms with Gasteiger partial charge in [-0.1, -0.05) is 71.9 Å². The van der Waals surface area contributed by atoms with Gasteiger partial charge in [-0.25, -0.2) is 0 Å². The van der Waals surface area contributed by atoms with Gasteiger partial charge in [0.15, 0.2) is 11.0 Å². The van der Waals surface area contributed by atoms with Crippen molar-refractivity contribution in [1.29, 1.82) is 0 Å². The van der Waals surface area contributed by atoms with Gasteiger partial charge in [0, 0.05) is 17.6 Å². The molecule has 134 valence electrons. The maximum atomic E-state index is 12.3. The number of carbonyl (C=O) groups excluding carboxylic acids is 1. The highest BCUT2D eigenvalue weighted by Crippen LogP contribution is 2.24. The van der Waals surface area contributed by atoms with Crippen molar-refractivity contribution in [2.45, 2.75) is 18.1 Å². The first kappa shape index (κ1) is 18.5. The van der Waals surface area contributed by atoms with E-state index >= 15 is 0 Å². The zero-order chi connectivity index (χ0) is 18.5. The summed E-state index contributed by atoms with van der Waals surface area (Å²) in [6.45, 7) is 1.92. The second-order valence-corrected chi connectivity index (χ2v) is 7.18. The summed E-state index contributed by atoms with van der Waals surface area (Å²) in [6, 6.07) is 17.2. The summed E-state index contributed by atoms with van der Waals surface area (Å²) in [4.78, 5) is 12.3. The predicted octanol–water partition coefficient (Wildman–Crippen LogP) is 4.11. The van der Waals surface area contributed by atoms with E-state index in [-0.39, 0.29) is 17.7 Å². The normalized spacial score (nSPS) is 12.0. The quantitative estimate of drug-likeness (QED) is 0.648. The molecule has 5 nitrogen and oxygen atoms in total. The molecule has 1 N–H and O–H groups in total. The molecular weight excluding hydrogens is 368 g/mol. The van der Waals surface area contributed by atoms with Crippen molar-refractivity contribution >= 4 is 29.3 Å². The molecule has 26 heavy (non-hydrogen) atoms. The molecule has 0 aliphatic heterocycles. The van der Waals surface area contributed by atoms with Crippen LogP contribution in [0.2, 0.25) is 5.02 Å². The number of carbonyl (C=O) groups is 1. The molecule has 3 rings (SSSR count). The maximum Gasteiger partial charge on any atom is 0.230 e.